The van der Waals surface area contributed by atoms with E-state index in [1.165, 1.54) is 6.92 Å². The molecule has 0 spiro atoms. The van der Waals surface area contributed by atoms with Gasteiger partial charge in [0.2, 0.25) is 9.70 Å². The third kappa shape index (κ3) is 6.26. The number of hydrogen-bond acceptors (Lipinski definition) is 2. The third-order valence-electron chi connectivity index (χ3n) is 2.59. The number of anilines is 1. The van der Waals surface area contributed by atoms with Crippen LogP contribution in [0.1, 0.15) is 18.1 Å². The number of hydrogen-bond donors (Lipinski definition) is 3. The maximum absolute atomic E-state index is 11.1. The molecule has 1 atom stereocenters. The molecule has 0 aliphatic heterocycles. The fourth-order valence-corrected chi connectivity index (χ4v) is 2.12. The van der Waals surface area contributed by atoms with Crippen molar-refractivity contribution in [2.45, 2.75) is 30.7 Å². The first kappa shape index (κ1) is 18.3. The minimum absolute atomic E-state index is 0.244. The maximum atomic E-state index is 11.1. The molecule has 0 aliphatic carbocycles. The number of amides is 1. The standard InChI is InChI=1S/C13H16Cl3N3OS/c1-7-4-5-8(2)10(6-7)18-12(21)19-11(13(14,15)16)17-9(3)20/h4-6,11H,1-3H3,(H,17,20)(H2,18,19,21). The molecule has 8 heteroatoms. The zero-order chi connectivity index (χ0) is 16.2. The van der Waals surface area contributed by atoms with Crippen molar-refractivity contribution < 1.29 is 4.79 Å². The molecule has 1 rings (SSSR count). The molecule has 0 saturated heterocycles. The zero-order valence-corrected chi connectivity index (χ0v) is 14.8. The van der Waals surface area contributed by atoms with Crippen LogP contribution in [0.3, 0.4) is 0 Å². The van der Waals surface area contributed by atoms with E-state index < -0.39 is 9.96 Å². The molecule has 0 fully saturated rings. The predicted molar refractivity (Wildman–Crippen MR) is 93.2 cm³/mol. The van der Waals surface area contributed by atoms with E-state index in [1.54, 1.807) is 0 Å². The Morgan fingerprint density at radius 1 is 1.24 bits per heavy atom. The fraction of sp³-hybridized carbons (Fsp3) is 0.385. The minimum Gasteiger partial charge on any atom is -0.339 e. The summed E-state index contributed by atoms with van der Waals surface area (Å²) in [6.45, 7) is 5.25. The normalized spacial score (nSPS) is 12.5. The number of benzene rings is 1. The van der Waals surface area contributed by atoms with Gasteiger partial charge in [0.15, 0.2) is 5.11 Å². The van der Waals surface area contributed by atoms with Gasteiger partial charge in [-0.1, -0.05) is 46.9 Å². The summed E-state index contributed by atoms with van der Waals surface area (Å²) in [6, 6.07) is 5.92. The highest BCUT2D eigenvalue weighted by Crippen LogP contribution is 2.29. The van der Waals surface area contributed by atoms with Gasteiger partial charge in [0, 0.05) is 12.6 Å². The number of carbonyl (C=O) groups is 1. The van der Waals surface area contributed by atoms with Gasteiger partial charge in [-0.2, -0.15) is 0 Å². The second-order valence-electron chi connectivity index (χ2n) is 4.59. The first-order valence-electron chi connectivity index (χ1n) is 6.08. The van der Waals surface area contributed by atoms with Crippen LogP contribution in [0.4, 0.5) is 5.69 Å². The summed E-state index contributed by atoms with van der Waals surface area (Å²) < 4.78 is -1.74. The summed E-state index contributed by atoms with van der Waals surface area (Å²) in [5, 5.41) is 8.53. The number of carbonyl (C=O) groups excluding carboxylic acids is 1. The Morgan fingerprint density at radius 2 is 1.86 bits per heavy atom. The van der Waals surface area contributed by atoms with E-state index in [-0.39, 0.29) is 11.0 Å². The molecule has 1 unspecified atom stereocenters. The van der Waals surface area contributed by atoms with Crippen molar-refractivity contribution >= 4 is 63.7 Å². The lowest BCUT2D eigenvalue weighted by atomic mass is 10.1. The van der Waals surface area contributed by atoms with E-state index in [1.807, 2.05) is 32.0 Å². The summed E-state index contributed by atoms with van der Waals surface area (Å²) in [6.07, 6.45) is -0.940. The number of halogens is 3. The van der Waals surface area contributed by atoms with Crippen molar-refractivity contribution in [2.24, 2.45) is 0 Å². The van der Waals surface area contributed by atoms with Gasteiger partial charge in [-0.15, -0.1) is 0 Å². The Labute approximate surface area is 144 Å². The van der Waals surface area contributed by atoms with Gasteiger partial charge in [-0.05, 0) is 43.3 Å². The molecule has 3 N–H and O–H groups in total. The van der Waals surface area contributed by atoms with Crippen molar-refractivity contribution in [3.05, 3.63) is 29.3 Å². The first-order chi connectivity index (χ1) is 9.59. The van der Waals surface area contributed by atoms with E-state index in [9.17, 15) is 4.79 Å². The molecular weight excluding hydrogens is 353 g/mol. The Kier molecular flexibility index (Phi) is 6.53. The lowest BCUT2D eigenvalue weighted by molar-refractivity contribution is -0.119. The van der Waals surface area contributed by atoms with E-state index in [4.69, 9.17) is 47.0 Å². The monoisotopic (exact) mass is 367 g/mol. The maximum Gasteiger partial charge on any atom is 0.228 e. The van der Waals surface area contributed by atoms with Crippen LogP contribution in [0.25, 0.3) is 0 Å². The Bertz CT molecular complexity index is 546. The molecule has 0 aliphatic rings. The van der Waals surface area contributed by atoms with E-state index in [0.29, 0.717) is 0 Å². The van der Waals surface area contributed by atoms with Crippen LogP contribution in [0, 0.1) is 13.8 Å². The van der Waals surface area contributed by atoms with Crippen LogP contribution in [0.15, 0.2) is 18.2 Å². The number of alkyl halides is 3. The van der Waals surface area contributed by atoms with Gasteiger partial charge >= 0.3 is 0 Å². The lowest BCUT2D eigenvalue weighted by Crippen LogP contribution is -2.55. The molecule has 21 heavy (non-hydrogen) atoms. The van der Waals surface area contributed by atoms with Crippen LogP contribution in [-0.4, -0.2) is 21.0 Å². The highest BCUT2D eigenvalue weighted by atomic mass is 35.6. The van der Waals surface area contributed by atoms with Crippen molar-refractivity contribution in [2.75, 3.05) is 5.32 Å². The topological polar surface area (TPSA) is 53.2 Å². The molecule has 1 amide bonds. The Hall–Kier alpha value is -0.750. The quantitative estimate of drug-likeness (QED) is 0.435. The summed E-state index contributed by atoms with van der Waals surface area (Å²) in [7, 11) is 0. The second kappa shape index (κ2) is 7.49. The molecule has 0 radical (unpaired) electrons. The largest absolute Gasteiger partial charge is 0.339 e. The Balaban J connectivity index is 2.78. The number of nitrogens with one attached hydrogen (secondary N) is 3. The molecular formula is C13H16Cl3N3OS. The molecule has 1 aromatic rings. The number of rotatable bonds is 3. The molecule has 4 nitrogen and oxygen atoms in total. The van der Waals surface area contributed by atoms with Gasteiger partial charge in [0.05, 0.1) is 0 Å². The molecule has 1 aromatic carbocycles. The van der Waals surface area contributed by atoms with Crippen LogP contribution >= 0.6 is 47.0 Å². The lowest BCUT2D eigenvalue weighted by Gasteiger charge is -2.27. The van der Waals surface area contributed by atoms with Gasteiger partial charge < -0.3 is 16.0 Å². The second-order valence-corrected chi connectivity index (χ2v) is 7.37. The van der Waals surface area contributed by atoms with Gasteiger partial charge in [0.25, 0.3) is 0 Å². The average Bonchev–Trinajstić information content (AvgIpc) is 2.31. The molecule has 0 aromatic heterocycles. The SMILES string of the molecule is CC(=O)NC(NC(=S)Nc1cc(C)ccc1C)C(Cl)(Cl)Cl. The van der Waals surface area contributed by atoms with Crippen molar-refractivity contribution in [3.8, 4) is 0 Å². The smallest absolute Gasteiger partial charge is 0.228 e. The molecule has 0 bridgehead atoms. The summed E-state index contributed by atoms with van der Waals surface area (Å²) >= 11 is 22.6. The van der Waals surface area contributed by atoms with E-state index >= 15 is 0 Å². The van der Waals surface area contributed by atoms with Gasteiger partial charge in [-0.25, -0.2) is 0 Å². The van der Waals surface area contributed by atoms with E-state index in [2.05, 4.69) is 16.0 Å². The van der Waals surface area contributed by atoms with Crippen LogP contribution in [-0.2, 0) is 4.79 Å². The van der Waals surface area contributed by atoms with E-state index in [0.717, 1.165) is 16.8 Å². The van der Waals surface area contributed by atoms with Crippen molar-refractivity contribution in [3.63, 3.8) is 0 Å². The highest BCUT2D eigenvalue weighted by molar-refractivity contribution is 7.80. The molecule has 0 saturated carbocycles. The number of thiocarbonyl (C=S) groups is 1. The zero-order valence-electron chi connectivity index (χ0n) is 11.8. The average molecular weight is 369 g/mol. The van der Waals surface area contributed by atoms with Gasteiger partial charge in [0.1, 0.15) is 6.17 Å². The highest BCUT2D eigenvalue weighted by Gasteiger charge is 2.34. The predicted octanol–water partition coefficient (Wildman–Crippen LogP) is 3.42. The summed E-state index contributed by atoms with van der Waals surface area (Å²) in [4.78, 5) is 11.1. The van der Waals surface area contributed by atoms with Gasteiger partial charge in [-0.3, -0.25) is 4.79 Å². The molecule has 116 valence electrons. The molecule has 0 heterocycles. The summed E-state index contributed by atoms with van der Waals surface area (Å²) in [5.74, 6) is -0.339. The van der Waals surface area contributed by atoms with Crippen molar-refractivity contribution in [1.29, 1.82) is 0 Å². The third-order valence-corrected chi connectivity index (χ3v) is 3.47. The van der Waals surface area contributed by atoms with Crippen LogP contribution in [0.5, 0.6) is 0 Å². The Morgan fingerprint density at radius 3 is 2.38 bits per heavy atom. The van der Waals surface area contributed by atoms with Crippen molar-refractivity contribution in [1.82, 2.24) is 10.6 Å². The summed E-state index contributed by atoms with van der Waals surface area (Å²) in [5.41, 5.74) is 2.96. The van der Waals surface area contributed by atoms with Crippen LogP contribution in [0.2, 0.25) is 0 Å². The van der Waals surface area contributed by atoms with Crippen LogP contribution < -0.4 is 16.0 Å². The first-order valence-corrected chi connectivity index (χ1v) is 7.62. The fourth-order valence-electron chi connectivity index (χ4n) is 1.56. The number of aryl methyl sites for hydroxylation is 2. The minimum atomic E-state index is -1.74.